The minimum absolute atomic E-state index is 0.0838. The lowest BCUT2D eigenvalue weighted by Gasteiger charge is -2.14. The average molecular weight is 211 g/mol. The highest BCUT2D eigenvalue weighted by Crippen LogP contribution is 2.15. The molecule has 0 amide bonds. The molecule has 0 bridgehead atoms. The predicted octanol–water partition coefficient (Wildman–Crippen LogP) is 0.709. The van der Waals surface area contributed by atoms with Crippen LogP contribution in [0, 0.1) is 13.8 Å². The summed E-state index contributed by atoms with van der Waals surface area (Å²) in [5.74, 6) is -1.15. The van der Waals surface area contributed by atoms with Crippen LogP contribution in [0.5, 0.6) is 5.75 Å². The van der Waals surface area contributed by atoms with E-state index in [0.717, 1.165) is 0 Å². The number of aromatic carboxylic acids is 1. The number of nitrogens with zero attached hydrogens (tertiary/aromatic N) is 1. The van der Waals surface area contributed by atoms with Gasteiger partial charge in [0.1, 0.15) is 5.56 Å². The molecule has 0 saturated carbocycles. The molecule has 5 heteroatoms. The minimum Gasteiger partial charge on any atom is -0.491 e. The summed E-state index contributed by atoms with van der Waals surface area (Å²) in [6.07, 6.45) is 0. The summed E-state index contributed by atoms with van der Waals surface area (Å²) in [7, 11) is 3.05. The van der Waals surface area contributed by atoms with Gasteiger partial charge in [0.05, 0.1) is 12.8 Å². The van der Waals surface area contributed by atoms with Crippen molar-refractivity contribution in [2.75, 3.05) is 7.11 Å². The van der Waals surface area contributed by atoms with Crippen LogP contribution >= 0.6 is 0 Å². The van der Waals surface area contributed by atoms with Crippen LogP contribution in [-0.2, 0) is 7.05 Å². The van der Waals surface area contributed by atoms with Gasteiger partial charge in [-0.1, -0.05) is 0 Å². The second-order valence-corrected chi connectivity index (χ2v) is 3.27. The Labute approximate surface area is 86.9 Å². The van der Waals surface area contributed by atoms with Gasteiger partial charge >= 0.3 is 5.97 Å². The van der Waals surface area contributed by atoms with Gasteiger partial charge in [-0.05, 0) is 13.8 Å². The van der Waals surface area contributed by atoms with E-state index >= 15 is 0 Å². The Morgan fingerprint density at radius 3 is 2.27 bits per heavy atom. The van der Waals surface area contributed by atoms with Crippen molar-refractivity contribution in [3.05, 3.63) is 27.2 Å². The Balaban J connectivity index is 3.77. The van der Waals surface area contributed by atoms with Crippen molar-refractivity contribution >= 4 is 5.97 Å². The van der Waals surface area contributed by atoms with Crippen molar-refractivity contribution in [2.24, 2.45) is 7.05 Å². The molecule has 0 radical (unpaired) electrons. The van der Waals surface area contributed by atoms with Crippen molar-refractivity contribution in [1.82, 2.24) is 4.57 Å². The molecule has 0 fully saturated rings. The van der Waals surface area contributed by atoms with E-state index < -0.39 is 11.4 Å². The summed E-state index contributed by atoms with van der Waals surface area (Å²) in [5, 5.41) is 8.91. The molecule has 82 valence electrons. The van der Waals surface area contributed by atoms with Crippen LogP contribution in [0.4, 0.5) is 0 Å². The van der Waals surface area contributed by atoms with Crippen LogP contribution in [0.1, 0.15) is 21.7 Å². The van der Waals surface area contributed by atoms with Crippen LogP contribution < -0.4 is 10.2 Å². The number of pyridine rings is 1. The van der Waals surface area contributed by atoms with Gasteiger partial charge < -0.3 is 14.4 Å². The van der Waals surface area contributed by atoms with Crippen molar-refractivity contribution in [2.45, 2.75) is 13.8 Å². The van der Waals surface area contributed by atoms with Crippen LogP contribution in [0.3, 0.4) is 0 Å². The number of ether oxygens (including phenoxy) is 1. The summed E-state index contributed by atoms with van der Waals surface area (Å²) in [5.41, 5.74) is 0.230. The number of carboxylic acids is 1. The third kappa shape index (κ3) is 1.60. The maximum Gasteiger partial charge on any atom is 0.341 e. The van der Waals surface area contributed by atoms with E-state index in [0.29, 0.717) is 11.4 Å². The lowest BCUT2D eigenvalue weighted by molar-refractivity contribution is 0.0693. The number of aromatic nitrogens is 1. The largest absolute Gasteiger partial charge is 0.491 e. The number of hydrogen-bond acceptors (Lipinski definition) is 3. The quantitative estimate of drug-likeness (QED) is 0.782. The van der Waals surface area contributed by atoms with Crippen LogP contribution in [0.15, 0.2) is 4.79 Å². The third-order valence-electron chi connectivity index (χ3n) is 2.55. The molecule has 0 spiro atoms. The van der Waals surface area contributed by atoms with Crippen LogP contribution in [0.25, 0.3) is 0 Å². The molecule has 0 aromatic carbocycles. The zero-order valence-corrected chi connectivity index (χ0v) is 9.12. The zero-order valence-electron chi connectivity index (χ0n) is 9.12. The minimum atomic E-state index is -1.23. The SMILES string of the molecule is COc1c(C)n(C)c(C)c(C(=O)O)c1=O. The normalized spacial score (nSPS) is 10.1. The molecule has 0 aliphatic rings. The lowest BCUT2D eigenvalue weighted by Crippen LogP contribution is -2.24. The molecular weight excluding hydrogens is 198 g/mol. The van der Waals surface area contributed by atoms with Gasteiger partial charge in [0.25, 0.3) is 0 Å². The highest BCUT2D eigenvalue weighted by atomic mass is 16.5. The average Bonchev–Trinajstić information content (AvgIpc) is 2.15. The predicted molar refractivity (Wildman–Crippen MR) is 54.7 cm³/mol. The van der Waals surface area contributed by atoms with Crippen LogP contribution in [0.2, 0.25) is 0 Å². The van der Waals surface area contributed by atoms with E-state index in [2.05, 4.69) is 0 Å². The maximum absolute atomic E-state index is 11.7. The van der Waals surface area contributed by atoms with Crippen molar-refractivity contribution in [1.29, 1.82) is 0 Å². The molecule has 1 aromatic heterocycles. The number of rotatable bonds is 2. The smallest absolute Gasteiger partial charge is 0.341 e. The first kappa shape index (κ1) is 11.3. The molecule has 1 N–H and O–H groups in total. The molecule has 15 heavy (non-hydrogen) atoms. The highest BCUT2D eigenvalue weighted by molar-refractivity contribution is 5.89. The number of carboxylic acid groups (broad SMARTS) is 1. The summed E-state index contributed by atoms with van der Waals surface area (Å²) < 4.78 is 6.53. The van der Waals surface area contributed by atoms with Gasteiger partial charge in [-0.2, -0.15) is 0 Å². The van der Waals surface area contributed by atoms with E-state index in [9.17, 15) is 9.59 Å². The summed E-state index contributed by atoms with van der Waals surface area (Å²) in [4.78, 5) is 22.6. The fourth-order valence-electron chi connectivity index (χ4n) is 1.51. The summed E-state index contributed by atoms with van der Waals surface area (Å²) in [6, 6.07) is 0. The van der Waals surface area contributed by atoms with E-state index in [1.807, 2.05) is 0 Å². The summed E-state index contributed by atoms with van der Waals surface area (Å²) >= 11 is 0. The molecule has 1 rings (SSSR count). The Bertz CT molecular complexity index is 473. The van der Waals surface area contributed by atoms with Gasteiger partial charge in [-0.25, -0.2) is 4.79 Å². The topological polar surface area (TPSA) is 68.5 Å². The Kier molecular flexibility index (Phi) is 2.83. The number of carbonyl (C=O) groups is 1. The Morgan fingerprint density at radius 1 is 1.33 bits per heavy atom. The van der Waals surface area contributed by atoms with Gasteiger partial charge in [0.2, 0.25) is 5.43 Å². The monoisotopic (exact) mass is 211 g/mol. The molecule has 0 unspecified atom stereocenters. The number of methoxy groups -OCH3 is 1. The molecule has 0 atom stereocenters. The standard InChI is InChI=1S/C10H13NO4/c1-5-7(10(13)14)8(12)9(15-4)6(2)11(5)3/h1-4H3,(H,13,14). The Hall–Kier alpha value is -1.78. The summed E-state index contributed by atoms with van der Waals surface area (Å²) in [6.45, 7) is 3.30. The highest BCUT2D eigenvalue weighted by Gasteiger charge is 2.20. The maximum atomic E-state index is 11.7. The van der Waals surface area contributed by atoms with Gasteiger partial charge in [0.15, 0.2) is 5.75 Å². The molecule has 0 saturated heterocycles. The van der Waals surface area contributed by atoms with Crippen molar-refractivity contribution in [3.8, 4) is 5.75 Å². The second kappa shape index (κ2) is 3.76. The molecular formula is C10H13NO4. The zero-order chi connectivity index (χ0) is 11.7. The second-order valence-electron chi connectivity index (χ2n) is 3.27. The van der Waals surface area contributed by atoms with E-state index in [1.54, 1.807) is 25.5 Å². The fourth-order valence-corrected chi connectivity index (χ4v) is 1.51. The lowest BCUT2D eigenvalue weighted by atomic mass is 10.1. The third-order valence-corrected chi connectivity index (χ3v) is 2.55. The van der Waals surface area contributed by atoms with Crippen molar-refractivity contribution < 1.29 is 14.6 Å². The van der Waals surface area contributed by atoms with E-state index in [4.69, 9.17) is 9.84 Å². The van der Waals surface area contributed by atoms with E-state index in [-0.39, 0.29) is 11.3 Å². The fraction of sp³-hybridized carbons (Fsp3) is 0.400. The van der Waals surface area contributed by atoms with Gasteiger partial charge in [-0.3, -0.25) is 4.79 Å². The van der Waals surface area contributed by atoms with Gasteiger partial charge in [-0.15, -0.1) is 0 Å². The van der Waals surface area contributed by atoms with Gasteiger partial charge in [0, 0.05) is 12.7 Å². The molecule has 0 aliphatic carbocycles. The molecule has 1 heterocycles. The van der Waals surface area contributed by atoms with Crippen LogP contribution in [-0.4, -0.2) is 22.8 Å². The molecule has 5 nitrogen and oxygen atoms in total. The first-order valence-corrected chi connectivity index (χ1v) is 4.39. The molecule has 1 aromatic rings. The molecule has 0 aliphatic heterocycles. The van der Waals surface area contributed by atoms with Crippen molar-refractivity contribution in [3.63, 3.8) is 0 Å². The van der Waals surface area contributed by atoms with E-state index in [1.165, 1.54) is 7.11 Å². The Morgan fingerprint density at radius 2 is 1.87 bits per heavy atom. The number of hydrogen-bond donors (Lipinski definition) is 1. The first-order chi connectivity index (χ1) is 6.91. The first-order valence-electron chi connectivity index (χ1n) is 4.39.